The number of nitrogens with two attached hydrogens (primary N) is 1. The minimum Gasteiger partial charge on any atom is -0.487 e. The van der Waals surface area contributed by atoms with Crippen LogP contribution in [0.1, 0.15) is 30.5 Å². The topological polar surface area (TPSA) is 55.5 Å². The summed E-state index contributed by atoms with van der Waals surface area (Å²) in [6.45, 7) is 8.12. The van der Waals surface area contributed by atoms with Crippen LogP contribution in [0.25, 0.3) is 0 Å². The van der Waals surface area contributed by atoms with Crippen LogP contribution in [0.15, 0.2) is 12.1 Å². The summed E-state index contributed by atoms with van der Waals surface area (Å²) in [5, 5.41) is 9.42. The fourth-order valence-electron chi connectivity index (χ4n) is 1.63. The molecule has 0 saturated heterocycles. The molecule has 2 atom stereocenters. The van der Waals surface area contributed by atoms with Crippen molar-refractivity contribution in [2.75, 3.05) is 0 Å². The van der Waals surface area contributed by atoms with E-state index in [0.29, 0.717) is 6.54 Å². The number of aliphatic hydroxyl groups is 1. The van der Waals surface area contributed by atoms with Crippen LogP contribution in [-0.4, -0.2) is 17.3 Å². The molecule has 0 spiro atoms. The van der Waals surface area contributed by atoms with E-state index in [1.807, 2.05) is 32.9 Å². The second-order valence-corrected chi connectivity index (χ2v) is 4.33. The number of hydrogen-bond donors (Lipinski definition) is 2. The van der Waals surface area contributed by atoms with E-state index in [4.69, 9.17) is 10.5 Å². The summed E-state index contributed by atoms with van der Waals surface area (Å²) in [5.74, 6) is 0.852. The van der Waals surface area contributed by atoms with Crippen LogP contribution in [0, 0.1) is 13.8 Å². The Kier molecular flexibility index (Phi) is 4.33. The zero-order valence-electron chi connectivity index (χ0n) is 10.4. The Hall–Kier alpha value is -1.06. The normalized spacial score (nSPS) is 14.6. The molecule has 2 unspecified atom stereocenters. The van der Waals surface area contributed by atoms with E-state index in [2.05, 4.69) is 0 Å². The van der Waals surface area contributed by atoms with Gasteiger partial charge in [-0.1, -0.05) is 12.1 Å². The molecule has 3 heteroatoms. The Labute approximate surface area is 97.2 Å². The Morgan fingerprint density at radius 2 is 1.75 bits per heavy atom. The molecule has 0 heterocycles. The zero-order valence-corrected chi connectivity index (χ0v) is 10.4. The SMILES string of the molecule is Cc1cc(CN)cc(C)c1OC(C)C(C)O. The van der Waals surface area contributed by atoms with Gasteiger partial charge in [-0.3, -0.25) is 0 Å². The maximum atomic E-state index is 9.42. The van der Waals surface area contributed by atoms with E-state index in [-0.39, 0.29) is 6.10 Å². The predicted molar refractivity (Wildman–Crippen MR) is 65.6 cm³/mol. The van der Waals surface area contributed by atoms with Crippen molar-refractivity contribution in [3.8, 4) is 5.75 Å². The van der Waals surface area contributed by atoms with Gasteiger partial charge >= 0.3 is 0 Å². The van der Waals surface area contributed by atoms with E-state index in [9.17, 15) is 5.11 Å². The third-order valence-corrected chi connectivity index (χ3v) is 2.74. The highest BCUT2D eigenvalue weighted by atomic mass is 16.5. The number of aryl methyl sites for hydroxylation is 2. The Morgan fingerprint density at radius 3 is 2.12 bits per heavy atom. The smallest absolute Gasteiger partial charge is 0.125 e. The largest absolute Gasteiger partial charge is 0.487 e. The van der Waals surface area contributed by atoms with Crippen LogP contribution in [0.5, 0.6) is 5.75 Å². The first-order chi connectivity index (χ1) is 7.45. The highest BCUT2D eigenvalue weighted by Crippen LogP contribution is 2.26. The van der Waals surface area contributed by atoms with Crippen LogP contribution >= 0.6 is 0 Å². The maximum absolute atomic E-state index is 9.42. The second kappa shape index (κ2) is 5.32. The molecule has 1 aromatic carbocycles. The van der Waals surface area contributed by atoms with Crippen LogP contribution in [0.2, 0.25) is 0 Å². The van der Waals surface area contributed by atoms with E-state index >= 15 is 0 Å². The van der Waals surface area contributed by atoms with Crippen LogP contribution in [0.4, 0.5) is 0 Å². The molecule has 0 aromatic heterocycles. The molecule has 16 heavy (non-hydrogen) atoms. The molecule has 0 radical (unpaired) electrons. The van der Waals surface area contributed by atoms with Gasteiger partial charge in [-0.2, -0.15) is 0 Å². The molecule has 0 amide bonds. The summed E-state index contributed by atoms with van der Waals surface area (Å²) >= 11 is 0. The number of rotatable bonds is 4. The van der Waals surface area contributed by atoms with Crippen molar-refractivity contribution in [2.45, 2.75) is 46.4 Å². The molecule has 1 rings (SSSR count). The number of aliphatic hydroxyl groups excluding tert-OH is 1. The monoisotopic (exact) mass is 223 g/mol. The van der Waals surface area contributed by atoms with Gasteiger partial charge in [-0.25, -0.2) is 0 Å². The highest BCUT2D eigenvalue weighted by molar-refractivity contribution is 5.43. The lowest BCUT2D eigenvalue weighted by molar-refractivity contribution is 0.0596. The van der Waals surface area contributed by atoms with Gasteiger partial charge in [0.05, 0.1) is 6.10 Å². The van der Waals surface area contributed by atoms with E-state index in [0.717, 1.165) is 22.4 Å². The van der Waals surface area contributed by atoms with Gasteiger partial charge in [0.2, 0.25) is 0 Å². The van der Waals surface area contributed by atoms with E-state index in [1.54, 1.807) is 6.92 Å². The Morgan fingerprint density at radius 1 is 1.25 bits per heavy atom. The minimum absolute atomic E-state index is 0.207. The lowest BCUT2D eigenvalue weighted by atomic mass is 10.1. The molecule has 0 saturated carbocycles. The first-order valence-electron chi connectivity index (χ1n) is 5.60. The van der Waals surface area contributed by atoms with Crippen molar-refractivity contribution in [1.29, 1.82) is 0 Å². The summed E-state index contributed by atoms with van der Waals surface area (Å²) < 4.78 is 5.75. The van der Waals surface area contributed by atoms with Crippen molar-refractivity contribution in [3.63, 3.8) is 0 Å². The third-order valence-electron chi connectivity index (χ3n) is 2.74. The van der Waals surface area contributed by atoms with E-state index in [1.165, 1.54) is 0 Å². The maximum Gasteiger partial charge on any atom is 0.125 e. The average molecular weight is 223 g/mol. The summed E-state index contributed by atoms with van der Waals surface area (Å²) in [6, 6.07) is 4.05. The number of ether oxygens (including phenoxy) is 1. The van der Waals surface area contributed by atoms with Gasteiger partial charge < -0.3 is 15.6 Å². The molecule has 0 fully saturated rings. The molecule has 0 aliphatic rings. The first-order valence-corrected chi connectivity index (χ1v) is 5.60. The van der Waals surface area contributed by atoms with Crippen molar-refractivity contribution in [2.24, 2.45) is 5.73 Å². The standard InChI is InChI=1S/C13H21NO2/c1-8-5-12(7-14)6-9(2)13(8)16-11(4)10(3)15/h5-6,10-11,15H,7,14H2,1-4H3. The van der Waals surface area contributed by atoms with Gasteiger partial charge in [-0.15, -0.1) is 0 Å². The van der Waals surface area contributed by atoms with Crippen LogP contribution in [-0.2, 0) is 6.54 Å². The van der Waals surface area contributed by atoms with Gasteiger partial charge in [-0.05, 0) is 44.4 Å². The van der Waals surface area contributed by atoms with Gasteiger partial charge in [0.15, 0.2) is 0 Å². The summed E-state index contributed by atoms with van der Waals surface area (Å²) in [6.07, 6.45) is -0.686. The lowest BCUT2D eigenvalue weighted by Gasteiger charge is -2.21. The second-order valence-electron chi connectivity index (χ2n) is 4.33. The summed E-state index contributed by atoms with van der Waals surface area (Å²) in [7, 11) is 0. The van der Waals surface area contributed by atoms with Crippen LogP contribution < -0.4 is 10.5 Å². The Bertz CT molecular complexity index is 338. The van der Waals surface area contributed by atoms with Crippen molar-refractivity contribution in [1.82, 2.24) is 0 Å². The fourth-order valence-corrected chi connectivity index (χ4v) is 1.63. The first kappa shape index (κ1) is 13.0. The van der Waals surface area contributed by atoms with Crippen molar-refractivity contribution < 1.29 is 9.84 Å². The van der Waals surface area contributed by atoms with Gasteiger partial charge in [0, 0.05) is 6.54 Å². The molecular weight excluding hydrogens is 202 g/mol. The molecule has 3 nitrogen and oxygen atoms in total. The van der Waals surface area contributed by atoms with Gasteiger partial charge in [0.25, 0.3) is 0 Å². The zero-order chi connectivity index (χ0) is 12.3. The summed E-state index contributed by atoms with van der Waals surface area (Å²) in [5.41, 5.74) is 8.84. The molecule has 3 N–H and O–H groups in total. The molecule has 0 aliphatic carbocycles. The molecule has 90 valence electrons. The van der Waals surface area contributed by atoms with Crippen molar-refractivity contribution in [3.05, 3.63) is 28.8 Å². The molecular formula is C13H21NO2. The fraction of sp³-hybridized carbons (Fsp3) is 0.538. The highest BCUT2D eigenvalue weighted by Gasteiger charge is 2.13. The Balaban J connectivity index is 2.96. The van der Waals surface area contributed by atoms with Gasteiger partial charge in [0.1, 0.15) is 11.9 Å². The number of benzene rings is 1. The average Bonchev–Trinajstić information content (AvgIpc) is 2.22. The molecule has 0 aliphatic heterocycles. The predicted octanol–water partition coefficient (Wildman–Crippen LogP) is 1.91. The molecule has 0 bridgehead atoms. The van der Waals surface area contributed by atoms with E-state index < -0.39 is 6.10 Å². The minimum atomic E-state index is -0.479. The summed E-state index contributed by atoms with van der Waals surface area (Å²) in [4.78, 5) is 0. The van der Waals surface area contributed by atoms with Crippen molar-refractivity contribution >= 4 is 0 Å². The third kappa shape index (κ3) is 2.97. The van der Waals surface area contributed by atoms with Crippen LogP contribution in [0.3, 0.4) is 0 Å². The number of hydrogen-bond acceptors (Lipinski definition) is 3. The quantitative estimate of drug-likeness (QED) is 0.819. The lowest BCUT2D eigenvalue weighted by Crippen LogP contribution is -2.26. The molecule has 1 aromatic rings.